The van der Waals surface area contributed by atoms with Crippen molar-refractivity contribution in [3.05, 3.63) is 317 Å². The van der Waals surface area contributed by atoms with Crippen molar-refractivity contribution in [2.45, 2.75) is 10.8 Å². The van der Waals surface area contributed by atoms with Crippen LogP contribution in [0.5, 0.6) is 23.0 Å². The van der Waals surface area contributed by atoms with E-state index in [1.54, 1.807) is 0 Å². The van der Waals surface area contributed by atoms with Crippen LogP contribution in [0.4, 0.5) is 17.1 Å². The van der Waals surface area contributed by atoms with Gasteiger partial charge in [0.15, 0.2) is 0 Å². The molecule has 78 heavy (non-hydrogen) atoms. The van der Waals surface area contributed by atoms with E-state index >= 15 is 0 Å². The van der Waals surface area contributed by atoms with E-state index in [4.69, 9.17) is 13.9 Å². The summed E-state index contributed by atoms with van der Waals surface area (Å²) in [5.41, 5.74) is 22.8. The summed E-state index contributed by atoms with van der Waals surface area (Å²) in [7, 11) is 0. The second-order valence-electron chi connectivity index (χ2n) is 21.0. The van der Waals surface area contributed by atoms with Crippen molar-refractivity contribution in [3.63, 3.8) is 0 Å². The van der Waals surface area contributed by atoms with Gasteiger partial charge in [0.05, 0.1) is 10.8 Å². The first-order chi connectivity index (χ1) is 38.6. The molecule has 0 bridgehead atoms. The van der Waals surface area contributed by atoms with E-state index in [9.17, 15) is 0 Å². The molecule has 1 aromatic heterocycles. The molecule has 0 unspecified atom stereocenters. The van der Waals surface area contributed by atoms with Crippen molar-refractivity contribution in [3.8, 4) is 67.5 Å². The standard InChI is InChI=1S/C74H45NO3/c1-4-18-59-53(15-1)55-40-33-48(43-65(55)73(59)61-20-6-11-25-68(61)77-69-26-12-7-21-62(69)73)46-29-35-50(36-30-46)75(51-37-31-47(32-38-51)49-34-41-58-57-17-3-10-24-67(57)76-72(58)44-49)52-39-42-56-54-16-2-5-19-60(54)74(66(56)45-52)63-22-8-13-27-70(63)78-71-28-14-9-23-64(71)74/h1-45H. The average molecular weight is 996 g/mol. The van der Waals surface area contributed by atoms with Gasteiger partial charge in [-0.05, 0) is 152 Å². The smallest absolute Gasteiger partial charge is 0.136 e. The minimum absolute atomic E-state index is 0.551. The Morgan fingerprint density at radius 2 is 0.615 bits per heavy atom. The molecular weight excluding hydrogens is 951 g/mol. The molecule has 3 heterocycles. The van der Waals surface area contributed by atoms with Crippen LogP contribution in [-0.4, -0.2) is 0 Å². The van der Waals surface area contributed by atoms with E-state index in [1.807, 2.05) is 12.1 Å². The van der Waals surface area contributed by atoms with E-state index in [0.29, 0.717) is 0 Å². The van der Waals surface area contributed by atoms with Gasteiger partial charge in [0, 0.05) is 50.1 Å². The summed E-state index contributed by atoms with van der Waals surface area (Å²) in [5, 5.41) is 2.25. The van der Waals surface area contributed by atoms with Crippen LogP contribution in [-0.2, 0) is 10.8 Å². The molecule has 4 aliphatic rings. The second kappa shape index (κ2) is 16.2. The molecule has 4 heteroatoms. The first kappa shape index (κ1) is 43.1. The molecule has 0 saturated carbocycles. The molecule has 0 amide bonds. The molecule has 364 valence electrons. The maximum Gasteiger partial charge on any atom is 0.136 e. The van der Waals surface area contributed by atoms with Crippen LogP contribution in [0.1, 0.15) is 44.5 Å². The first-order valence-electron chi connectivity index (χ1n) is 26.8. The highest BCUT2D eigenvalue weighted by Crippen LogP contribution is 2.64. The quantitative estimate of drug-likeness (QED) is 0.172. The van der Waals surface area contributed by atoms with Crippen LogP contribution in [0.25, 0.3) is 66.4 Å². The van der Waals surface area contributed by atoms with Gasteiger partial charge in [-0.3, -0.25) is 0 Å². The number of rotatable bonds is 5. The number of nitrogens with zero attached hydrogens (tertiary/aromatic N) is 1. The van der Waals surface area contributed by atoms with Crippen LogP contribution in [0.3, 0.4) is 0 Å². The highest BCUT2D eigenvalue weighted by molar-refractivity contribution is 6.06. The maximum atomic E-state index is 6.73. The molecule has 0 fully saturated rings. The Morgan fingerprint density at radius 1 is 0.244 bits per heavy atom. The third kappa shape index (κ3) is 5.83. The number of para-hydroxylation sites is 5. The second-order valence-corrected chi connectivity index (χ2v) is 21.0. The lowest BCUT2D eigenvalue weighted by atomic mass is 9.66. The Balaban J connectivity index is 0.829. The van der Waals surface area contributed by atoms with Gasteiger partial charge in [-0.25, -0.2) is 0 Å². The summed E-state index contributed by atoms with van der Waals surface area (Å²) in [6.45, 7) is 0. The predicted molar refractivity (Wildman–Crippen MR) is 314 cm³/mol. The molecule has 17 rings (SSSR count). The average Bonchev–Trinajstić information content (AvgIpc) is 4.26. The van der Waals surface area contributed by atoms with Gasteiger partial charge in [0.1, 0.15) is 34.2 Å². The van der Waals surface area contributed by atoms with Crippen molar-refractivity contribution in [1.29, 1.82) is 0 Å². The minimum atomic E-state index is -0.613. The molecule has 4 nitrogen and oxygen atoms in total. The molecule has 2 spiro atoms. The van der Waals surface area contributed by atoms with E-state index in [2.05, 4.69) is 266 Å². The monoisotopic (exact) mass is 995 g/mol. The molecule has 0 saturated heterocycles. The summed E-state index contributed by atoms with van der Waals surface area (Å²) in [6.07, 6.45) is 0. The molecular formula is C74H45NO3. The van der Waals surface area contributed by atoms with E-state index in [0.717, 1.165) is 107 Å². The summed E-state index contributed by atoms with van der Waals surface area (Å²) >= 11 is 0. The van der Waals surface area contributed by atoms with Gasteiger partial charge in [-0.2, -0.15) is 0 Å². The number of furan rings is 1. The predicted octanol–water partition coefficient (Wildman–Crippen LogP) is 19.3. The van der Waals surface area contributed by atoms with Crippen molar-refractivity contribution in [2.24, 2.45) is 0 Å². The number of anilines is 3. The zero-order valence-electron chi connectivity index (χ0n) is 42.2. The fraction of sp³-hybridized carbons (Fsp3) is 0.0270. The maximum absolute atomic E-state index is 6.73. The van der Waals surface area contributed by atoms with Gasteiger partial charge >= 0.3 is 0 Å². The highest BCUT2D eigenvalue weighted by Gasteiger charge is 2.52. The Bertz CT molecular complexity index is 4550. The molecule has 12 aromatic carbocycles. The highest BCUT2D eigenvalue weighted by atomic mass is 16.5. The van der Waals surface area contributed by atoms with E-state index in [1.165, 1.54) is 44.5 Å². The minimum Gasteiger partial charge on any atom is -0.457 e. The Morgan fingerprint density at radius 3 is 1.15 bits per heavy atom. The zero-order chi connectivity index (χ0) is 51.1. The Labute approximate surface area is 451 Å². The van der Waals surface area contributed by atoms with Crippen LogP contribution >= 0.6 is 0 Å². The molecule has 0 atom stereocenters. The number of benzene rings is 12. The molecule has 13 aromatic rings. The van der Waals surface area contributed by atoms with Crippen molar-refractivity contribution < 1.29 is 13.9 Å². The first-order valence-corrected chi connectivity index (χ1v) is 26.8. The van der Waals surface area contributed by atoms with Crippen LogP contribution < -0.4 is 14.4 Å². The van der Waals surface area contributed by atoms with Crippen LogP contribution in [0.15, 0.2) is 277 Å². The van der Waals surface area contributed by atoms with Crippen molar-refractivity contribution in [1.82, 2.24) is 0 Å². The zero-order valence-corrected chi connectivity index (χ0v) is 42.2. The number of hydrogen-bond acceptors (Lipinski definition) is 4. The van der Waals surface area contributed by atoms with Crippen LogP contribution in [0.2, 0.25) is 0 Å². The van der Waals surface area contributed by atoms with Gasteiger partial charge in [0.25, 0.3) is 0 Å². The molecule has 0 N–H and O–H groups in total. The van der Waals surface area contributed by atoms with E-state index in [-0.39, 0.29) is 0 Å². The SMILES string of the molecule is c1ccc2c(c1)Oc1ccccc1C21c2ccccc2-c2ccc(-c3ccc(N(c4ccc(-c5ccc6c(c5)oc5ccccc56)cc4)c4ccc5c(c4)C4(c6ccccc6Oc6ccccc64)c4ccccc4-5)cc3)cc21. The van der Waals surface area contributed by atoms with Crippen LogP contribution in [0, 0.1) is 0 Å². The van der Waals surface area contributed by atoms with E-state index < -0.39 is 10.8 Å². The fourth-order valence-corrected chi connectivity index (χ4v) is 14.0. The lowest BCUT2D eigenvalue weighted by molar-refractivity contribution is 0.436. The fourth-order valence-electron chi connectivity index (χ4n) is 14.0. The van der Waals surface area contributed by atoms with Crippen molar-refractivity contribution in [2.75, 3.05) is 4.90 Å². The Kier molecular flexibility index (Phi) is 8.94. The number of fused-ring (bicyclic) bond motifs is 21. The number of hydrogen-bond donors (Lipinski definition) is 0. The summed E-state index contributed by atoms with van der Waals surface area (Å²) in [5.74, 6) is 3.53. The van der Waals surface area contributed by atoms with Gasteiger partial charge in [-0.15, -0.1) is 0 Å². The number of ether oxygens (including phenoxy) is 2. The Hall–Kier alpha value is -10.2. The third-order valence-electron chi connectivity index (χ3n) is 17.2. The summed E-state index contributed by atoms with van der Waals surface area (Å²) < 4.78 is 19.7. The van der Waals surface area contributed by atoms with Gasteiger partial charge in [0.2, 0.25) is 0 Å². The van der Waals surface area contributed by atoms with Gasteiger partial charge in [-0.1, -0.05) is 188 Å². The normalized spacial score (nSPS) is 14.1. The van der Waals surface area contributed by atoms with Gasteiger partial charge < -0.3 is 18.8 Å². The molecule has 2 aliphatic heterocycles. The summed E-state index contributed by atoms with van der Waals surface area (Å²) in [6, 6.07) is 99.2. The lowest BCUT2D eigenvalue weighted by Crippen LogP contribution is -2.32. The lowest BCUT2D eigenvalue weighted by Gasteiger charge is -2.39. The largest absolute Gasteiger partial charge is 0.457 e. The topological polar surface area (TPSA) is 34.8 Å². The molecule has 0 radical (unpaired) electrons. The van der Waals surface area contributed by atoms with Crippen molar-refractivity contribution >= 4 is 39.0 Å². The molecule has 2 aliphatic carbocycles. The summed E-state index contributed by atoms with van der Waals surface area (Å²) in [4.78, 5) is 2.41. The third-order valence-corrected chi connectivity index (χ3v) is 17.2.